The van der Waals surface area contributed by atoms with Crippen LogP contribution in [0, 0.1) is 0 Å². The van der Waals surface area contributed by atoms with E-state index in [1.54, 1.807) is 11.3 Å². The number of thiophene rings is 1. The number of nitrogens with two attached hydrogens (primary N) is 1. The van der Waals surface area contributed by atoms with Crippen molar-refractivity contribution in [1.29, 1.82) is 0 Å². The van der Waals surface area contributed by atoms with Crippen LogP contribution in [0.15, 0.2) is 39.8 Å². The largest absolute Gasteiger partial charge is 0.396 e. The van der Waals surface area contributed by atoms with Crippen molar-refractivity contribution in [2.75, 3.05) is 23.7 Å². The maximum Gasteiger partial charge on any atom is 0.326 e. The maximum atomic E-state index is 12.3. The number of para-hydroxylation sites is 2. The van der Waals surface area contributed by atoms with E-state index in [1.807, 2.05) is 34.2 Å². The molecule has 4 rings (SSSR count). The molecule has 1 fully saturated rings. The molecular formula is C16H18N4OS. The fourth-order valence-corrected chi connectivity index (χ4v) is 4.11. The second-order valence-electron chi connectivity index (χ2n) is 5.75. The summed E-state index contributed by atoms with van der Waals surface area (Å²) in [5, 5.41) is 4.08. The van der Waals surface area contributed by atoms with E-state index < -0.39 is 0 Å². The third-order valence-corrected chi connectivity index (χ3v) is 5.21. The summed E-state index contributed by atoms with van der Waals surface area (Å²) in [4.78, 5) is 17.5. The van der Waals surface area contributed by atoms with E-state index in [9.17, 15) is 4.79 Å². The molecule has 1 aromatic carbocycles. The summed E-state index contributed by atoms with van der Waals surface area (Å²) in [6.45, 7) is 1.86. The molecule has 3 aromatic rings. The summed E-state index contributed by atoms with van der Waals surface area (Å²) in [5.41, 5.74) is 9.91. The Hall–Kier alpha value is -2.21. The molecule has 0 bridgehead atoms. The highest BCUT2D eigenvalue weighted by Gasteiger charge is 2.24. The first-order valence-corrected chi connectivity index (χ1v) is 8.44. The van der Waals surface area contributed by atoms with Crippen molar-refractivity contribution >= 4 is 33.7 Å². The molecule has 114 valence electrons. The molecule has 3 N–H and O–H groups in total. The van der Waals surface area contributed by atoms with E-state index in [4.69, 9.17) is 5.73 Å². The molecule has 0 amide bonds. The number of H-pyrrole nitrogens is 1. The van der Waals surface area contributed by atoms with Gasteiger partial charge in [-0.15, -0.1) is 11.3 Å². The molecule has 6 heteroatoms. The number of benzene rings is 1. The number of nitrogen functional groups attached to an aromatic ring is 1. The maximum absolute atomic E-state index is 12.3. The van der Waals surface area contributed by atoms with Crippen molar-refractivity contribution in [3.63, 3.8) is 0 Å². The SMILES string of the molecule is Nc1cscc1N1CCC(n2c(=O)[nH]c3ccccc32)CC1. The summed E-state index contributed by atoms with van der Waals surface area (Å²) in [7, 11) is 0. The minimum Gasteiger partial charge on any atom is -0.396 e. The monoisotopic (exact) mass is 314 g/mol. The minimum atomic E-state index is -0.00491. The molecule has 0 saturated carbocycles. The zero-order valence-corrected chi connectivity index (χ0v) is 13.0. The molecule has 0 radical (unpaired) electrons. The molecule has 1 aliphatic heterocycles. The summed E-state index contributed by atoms with van der Waals surface area (Å²) >= 11 is 1.64. The Balaban J connectivity index is 1.60. The smallest absolute Gasteiger partial charge is 0.326 e. The Bertz CT molecular complexity index is 854. The van der Waals surface area contributed by atoms with Gasteiger partial charge in [0.1, 0.15) is 0 Å². The number of aromatic amines is 1. The lowest BCUT2D eigenvalue weighted by Crippen LogP contribution is -2.37. The Kier molecular flexibility index (Phi) is 3.18. The lowest BCUT2D eigenvalue weighted by atomic mass is 10.0. The van der Waals surface area contributed by atoms with Gasteiger partial charge in [0.2, 0.25) is 0 Å². The first kappa shape index (κ1) is 13.5. The number of imidazole rings is 1. The Morgan fingerprint density at radius 2 is 1.95 bits per heavy atom. The van der Waals surface area contributed by atoms with Crippen LogP contribution in [0.3, 0.4) is 0 Å². The van der Waals surface area contributed by atoms with Crippen LogP contribution in [0.1, 0.15) is 18.9 Å². The molecule has 1 saturated heterocycles. The van der Waals surface area contributed by atoms with Gasteiger partial charge in [0.25, 0.3) is 0 Å². The second-order valence-corrected chi connectivity index (χ2v) is 6.49. The van der Waals surface area contributed by atoms with Gasteiger partial charge in [-0.25, -0.2) is 4.79 Å². The molecule has 22 heavy (non-hydrogen) atoms. The molecule has 0 spiro atoms. The Morgan fingerprint density at radius 1 is 1.18 bits per heavy atom. The molecule has 5 nitrogen and oxygen atoms in total. The summed E-state index contributed by atoms with van der Waals surface area (Å²) in [5.74, 6) is 0. The first-order valence-electron chi connectivity index (χ1n) is 7.50. The highest BCUT2D eigenvalue weighted by molar-refractivity contribution is 7.08. The number of anilines is 2. The van der Waals surface area contributed by atoms with Crippen LogP contribution in [0.25, 0.3) is 11.0 Å². The van der Waals surface area contributed by atoms with Crippen LogP contribution in [-0.4, -0.2) is 22.6 Å². The fraction of sp³-hybridized carbons (Fsp3) is 0.312. The first-order chi connectivity index (χ1) is 10.7. The summed E-state index contributed by atoms with van der Waals surface area (Å²) in [6, 6.07) is 8.14. The number of fused-ring (bicyclic) bond motifs is 1. The molecule has 1 aliphatic rings. The number of rotatable bonds is 2. The van der Waals surface area contributed by atoms with Crippen LogP contribution >= 0.6 is 11.3 Å². The number of piperidine rings is 1. The quantitative estimate of drug-likeness (QED) is 0.764. The van der Waals surface area contributed by atoms with E-state index in [2.05, 4.69) is 15.3 Å². The second kappa shape index (κ2) is 5.21. The van der Waals surface area contributed by atoms with Gasteiger partial charge in [-0.3, -0.25) is 4.57 Å². The normalized spacial score (nSPS) is 16.5. The summed E-state index contributed by atoms with van der Waals surface area (Å²) < 4.78 is 1.92. The minimum absolute atomic E-state index is 0.00491. The average Bonchev–Trinajstić information content (AvgIpc) is 3.10. The van der Waals surface area contributed by atoms with E-state index in [1.165, 1.54) is 0 Å². The Labute approximate surface area is 132 Å². The van der Waals surface area contributed by atoms with Crippen molar-refractivity contribution < 1.29 is 0 Å². The van der Waals surface area contributed by atoms with Crippen LogP contribution in [0.5, 0.6) is 0 Å². The van der Waals surface area contributed by atoms with E-state index in [0.717, 1.165) is 48.3 Å². The van der Waals surface area contributed by atoms with Crippen molar-refractivity contribution in [1.82, 2.24) is 9.55 Å². The van der Waals surface area contributed by atoms with Gasteiger partial charge in [-0.05, 0) is 25.0 Å². The van der Waals surface area contributed by atoms with Gasteiger partial charge >= 0.3 is 5.69 Å². The van der Waals surface area contributed by atoms with Crippen molar-refractivity contribution in [2.45, 2.75) is 18.9 Å². The van der Waals surface area contributed by atoms with E-state index in [0.29, 0.717) is 0 Å². The molecule has 0 aliphatic carbocycles. The van der Waals surface area contributed by atoms with E-state index in [-0.39, 0.29) is 11.7 Å². The highest BCUT2D eigenvalue weighted by atomic mass is 32.1. The number of nitrogens with zero attached hydrogens (tertiary/aromatic N) is 2. The van der Waals surface area contributed by atoms with Crippen molar-refractivity contribution in [3.05, 3.63) is 45.5 Å². The van der Waals surface area contributed by atoms with Crippen LogP contribution in [0.4, 0.5) is 11.4 Å². The van der Waals surface area contributed by atoms with Gasteiger partial charge in [-0.2, -0.15) is 0 Å². The third kappa shape index (κ3) is 2.11. The molecule has 0 unspecified atom stereocenters. The zero-order valence-electron chi connectivity index (χ0n) is 12.2. The van der Waals surface area contributed by atoms with Crippen LogP contribution < -0.4 is 16.3 Å². The third-order valence-electron chi connectivity index (χ3n) is 4.46. The molecular weight excluding hydrogens is 296 g/mol. The van der Waals surface area contributed by atoms with Crippen LogP contribution in [0.2, 0.25) is 0 Å². The predicted octanol–water partition coefficient (Wildman–Crippen LogP) is 2.81. The lowest BCUT2D eigenvalue weighted by molar-refractivity contribution is 0.397. The fourth-order valence-electron chi connectivity index (χ4n) is 3.36. The number of nitrogens with one attached hydrogen (secondary N) is 1. The number of hydrogen-bond donors (Lipinski definition) is 2. The summed E-state index contributed by atoms with van der Waals surface area (Å²) in [6.07, 6.45) is 1.91. The standard InChI is InChI=1S/C16H18N4OS/c17-12-9-22-10-15(12)19-7-5-11(6-8-19)20-14-4-2-1-3-13(14)18-16(20)21/h1-4,9-11H,5-8,17H2,(H,18,21). The van der Waals surface area contributed by atoms with Crippen LogP contribution in [-0.2, 0) is 0 Å². The number of aromatic nitrogens is 2. The molecule has 0 atom stereocenters. The van der Waals surface area contributed by atoms with Gasteiger partial charge in [0.05, 0.1) is 22.4 Å². The zero-order chi connectivity index (χ0) is 15.1. The van der Waals surface area contributed by atoms with Gasteiger partial charge < -0.3 is 15.6 Å². The number of hydrogen-bond acceptors (Lipinski definition) is 4. The molecule has 2 aromatic heterocycles. The highest BCUT2D eigenvalue weighted by Crippen LogP contribution is 2.32. The van der Waals surface area contributed by atoms with Gasteiger partial charge in [0, 0.05) is 29.9 Å². The van der Waals surface area contributed by atoms with Gasteiger partial charge in [0.15, 0.2) is 0 Å². The van der Waals surface area contributed by atoms with Crippen molar-refractivity contribution in [3.8, 4) is 0 Å². The van der Waals surface area contributed by atoms with E-state index >= 15 is 0 Å². The topological polar surface area (TPSA) is 67.0 Å². The molecule has 3 heterocycles. The van der Waals surface area contributed by atoms with Crippen molar-refractivity contribution in [2.24, 2.45) is 0 Å². The lowest BCUT2D eigenvalue weighted by Gasteiger charge is -2.33. The average molecular weight is 314 g/mol. The Morgan fingerprint density at radius 3 is 2.68 bits per heavy atom. The van der Waals surface area contributed by atoms with Gasteiger partial charge in [-0.1, -0.05) is 12.1 Å². The predicted molar refractivity (Wildman–Crippen MR) is 91.8 cm³/mol.